The Bertz CT molecular complexity index is 948. The number of nitrogens with zero attached hydrogens (tertiary/aromatic N) is 1. The van der Waals surface area contributed by atoms with E-state index in [1.54, 1.807) is 18.4 Å². The van der Waals surface area contributed by atoms with Gasteiger partial charge in [0, 0.05) is 10.6 Å². The van der Waals surface area contributed by atoms with Gasteiger partial charge in [-0.3, -0.25) is 0 Å². The van der Waals surface area contributed by atoms with Crippen LogP contribution in [-0.4, -0.2) is 5.90 Å². The van der Waals surface area contributed by atoms with Gasteiger partial charge in [-0.05, 0) is 56.3 Å². The van der Waals surface area contributed by atoms with Crippen LogP contribution in [0.15, 0.2) is 95.7 Å². The van der Waals surface area contributed by atoms with Crippen molar-refractivity contribution < 1.29 is 9.47 Å². The first-order chi connectivity index (χ1) is 13.1. The number of halogens is 1. The third kappa shape index (κ3) is 5.73. The van der Waals surface area contributed by atoms with Crippen LogP contribution in [0.4, 0.5) is 5.69 Å². The van der Waals surface area contributed by atoms with Crippen molar-refractivity contribution in [3.8, 4) is 11.5 Å². The Morgan fingerprint density at radius 1 is 0.889 bits per heavy atom. The van der Waals surface area contributed by atoms with Crippen molar-refractivity contribution >= 4 is 23.2 Å². The van der Waals surface area contributed by atoms with Crippen LogP contribution in [0.5, 0.6) is 11.5 Å². The van der Waals surface area contributed by atoms with Crippen molar-refractivity contribution in [1.82, 2.24) is 0 Å². The van der Waals surface area contributed by atoms with Crippen molar-refractivity contribution in [2.75, 3.05) is 0 Å². The average molecular weight is 378 g/mol. The molecule has 0 radical (unpaired) electrons. The first-order valence-electron chi connectivity index (χ1n) is 8.58. The Morgan fingerprint density at radius 3 is 2.33 bits per heavy atom. The van der Waals surface area contributed by atoms with Gasteiger partial charge in [-0.1, -0.05) is 53.6 Å². The van der Waals surface area contributed by atoms with E-state index < -0.39 is 0 Å². The summed E-state index contributed by atoms with van der Waals surface area (Å²) in [5.74, 6) is 1.80. The number of ether oxygens (including phenoxy) is 2. The molecule has 3 aromatic rings. The fourth-order valence-electron chi connectivity index (χ4n) is 2.28. The molecule has 136 valence electrons. The second-order valence-corrected chi connectivity index (χ2v) is 6.48. The predicted octanol–water partition coefficient (Wildman–Crippen LogP) is 6.74. The highest BCUT2D eigenvalue weighted by Crippen LogP contribution is 2.21. The number of aryl methyl sites for hydroxylation is 1. The molecule has 0 saturated carbocycles. The van der Waals surface area contributed by atoms with Gasteiger partial charge in [-0.2, -0.15) is 0 Å². The third-order valence-electron chi connectivity index (χ3n) is 3.73. The molecule has 4 heteroatoms. The molecular weight excluding hydrogens is 358 g/mol. The summed E-state index contributed by atoms with van der Waals surface area (Å²) in [7, 11) is 0. The first kappa shape index (κ1) is 18.7. The zero-order valence-electron chi connectivity index (χ0n) is 15.2. The van der Waals surface area contributed by atoms with E-state index in [1.807, 2.05) is 80.6 Å². The van der Waals surface area contributed by atoms with Crippen molar-refractivity contribution in [1.29, 1.82) is 0 Å². The molecule has 0 atom stereocenters. The number of benzene rings is 3. The number of aliphatic imine (C=N–C) groups is 1. The summed E-state index contributed by atoms with van der Waals surface area (Å²) in [6, 6.07) is 24.7. The lowest BCUT2D eigenvalue weighted by Crippen LogP contribution is -2.11. The molecule has 0 fully saturated rings. The van der Waals surface area contributed by atoms with E-state index in [0.717, 1.165) is 17.0 Å². The topological polar surface area (TPSA) is 30.8 Å². The summed E-state index contributed by atoms with van der Waals surface area (Å²) in [5, 5.41) is 0.601. The molecule has 3 rings (SSSR count). The van der Waals surface area contributed by atoms with E-state index in [1.165, 1.54) is 5.56 Å². The minimum Gasteiger partial charge on any atom is -0.465 e. The number of hydrogen-bond acceptors (Lipinski definition) is 3. The van der Waals surface area contributed by atoms with Crippen molar-refractivity contribution in [3.05, 3.63) is 101 Å². The van der Waals surface area contributed by atoms with Gasteiger partial charge in [0.15, 0.2) is 0 Å². The number of rotatable bonds is 5. The van der Waals surface area contributed by atoms with Crippen LogP contribution in [0.2, 0.25) is 5.02 Å². The number of hydrogen-bond donors (Lipinski definition) is 0. The van der Waals surface area contributed by atoms with Crippen LogP contribution in [0, 0.1) is 6.92 Å². The van der Waals surface area contributed by atoms with Gasteiger partial charge in [0.2, 0.25) is 5.90 Å². The highest BCUT2D eigenvalue weighted by molar-refractivity contribution is 6.30. The lowest BCUT2D eigenvalue weighted by atomic mass is 10.2. The summed E-state index contributed by atoms with van der Waals surface area (Å²) in [6.45, 7) is 3.93. The van der Waals surface area contributed by atoms with Gasteiger partial charge >= 0.3 is 0 Å². The zero-order valence-corrected chi connectivity index (χ0v) is 16.0. The summed E-state index contributed by atoms with van der Waals surface area (Å²) >= 11 is 6.06. The fraction of sp³-hybridized carbons (Fsp3) is 0.0870. The van der Waals surface area contributed by atoms with Crippen LogP contribution >= 0.6 is 11.6 Å². The normalized spacial score (nSPS) is 12.0. The molecular formula is C23H20ClNO2. The summed E-state index contributed by atoms with van der Waals surface area (Å²) in [6.07, 6.45) is 1.64. The monoisotopic (exact) mass is 377 g/mol. The first-order valence-corrected chi connectivity index (χ1v) is 8.95. The van der Waals surface area contributed by atoms with Crippen LogP contribution in [0.3, 0.4) is 0 Å². The molecule has 0 aliphatic carbocycles. The molecule has 0 unspecified atom stereocenters. The molecule has 27 heavy (non-hydrogen) atoms. The largest absolute Gasteiger partial charge is 0.465 e. The van der Waals surface area contributed by atoms with Crippen LogP contribution in [0.1, 0.15) is 12.5 Å². The van der Waals surface area contributed by atoms with E-state index in [0.29, 0.717) is 16.7 Å². The highest BCUT2D eigenvalue weighted by Gasteiger charge is 2.08. The fourth-order valence-corrected chi connectivity index (χ4v) is 2.46. The van der Waals surface area contributed by atoms with Crippen LogP contribution < -0.4 is 9.47 Å². The van der Waals surface area contributed by atoms with Crippen LogP contribution in [0.25, 0.3) is 0 Å². The van der Waals surface area contributed by atoms with E-state index in [4.69, 9.17) is 21.1 Å². The minimum atomic E-state index is 0.440. The summed E-state index contributed by atoms with van der Waals surface area (Å²) in [4.78, 5) is 4.61. The van der Waals surface area contributed by atoms with Gasteiger partial charge in [0.05, 0.1) is 11.9 Å². The molecule has 3 aromatic carbocycles. The number of para-hydroxylation sites is 1. The third-order valence-corrected chi connectivity index (χ3v) is 3.96. The lowest BCUT2D eigenvalue weighted by Gasteiger charge is -2.10. The second kappa shape index (κ2) is 9.06. The van der Waals surface area contributed by atoms with Gasteiger partial charge in [0.25, 0.3) is 0 Å². The summed E-state index contributed by atoms with van der Waals surface area (Å²) in [5.41, 5.74) is 2.72. The Labute approximate surface area is 164 Å². The standard InChI is InChI=1S/C23H20ClNO2/c1-17-11-13-21(14-12-17)26-16-18(2)23(25-20-8-4-3-5-9-20)27-22-10-6-7-19(24)15-22/h3-16H,1-2H3. The molecule has 0 N–H and O–H groups in total. The molecule has 0 heterocycles. The maximum atomic E-state index is 6.06. The van der Waals surface area contributed by atoms with Gasteiger partial charge in [0.1, 0.15) is 11.5 Å². The molecule has 0 aliphatic rings. The van der Waals surface area contributed by atoms with E-state index in [2.05, 4.69) is 4.99 Å². The van der Waals surface area contributed by atoms with E-state index >= 15 is 0 Å². The molecule has 0 amide bonds. The molecule has 0 aromatic heterocycles. The van der Waals surface area contributed by atoms with Crippen molar-refractivity contribution in [2.45, 2.75) is 13.8 Å². The maximum Gasteiger partial charge on any atom is 0.225 e. The van der Waals surface area contributed by atoms with Gasteiger partial charge in [-0.15, -0.1) is 0 Å². The molecule has 0 spiro atoms. The summed E-state index contributed by atoms with van der Waals surface area (Å²) < 4.78 is 11.7. The molecule has 3 nitrogen and oxygen atoms in total. The van der Waals surface area contributed by atoms with Crippen LogP contribution in [-0.2, 0) is 0 Å². The van der Waals surface area contributed by atoms with Gasteiger partial charge in [-0.25, -0.2) is 4.99 Å². The Balaban J connectivity index is 1.87. The van der Waals surface area contributed by atoms with E-state index in [9.17, 15) is 0 Å². The lowest BCUT2D eigenvalue weighted by molar-refractivity contribution is 0.473. The Morgan fingerprint density at radius 2 is 1.63 bits per heavy atom. The maximum absolute atomic E-state index is 6.06. The average Bonchev–Trinajstić information content (AvgIpc) is 2.68. The van der Waals surface area contributed by atoms with E-state index in [-0.39, 0.29) is 0 Å². The highest BCUT2D eigenvalue weighted by atomic mass is 35.5. The predicted molar refractivity (Wildman–Crippen MR) is 111 cm³/mol. The SMILES string of the molecule is CC(=COc1ccc(C)cc1)C(=Nc1ccccc1)Oc1cccc(Cl)c1. The zero-order chi connectivity index (χ0) is 19.1. The van der Waals surface area contributed by atoms with Crippen molar-refractivity contribution in [3.63, 3.8) is 0 Å². The van der Waals surface area contributed by atoms with Crippen molar-refractivity contribution in [2.24, 2.45) is 4.99 Å². The molecule has 0 aliphatic heterocycles. The molecule has 0 bridgehead atoms. The quantitative estimate of drug-likeness (QED) is 0.280. The van der Waals surface area contributed by atoms with Gasteiger partial charge < -0.3 is 9.47 Å². The second-order valence-electron chi connectivity index (χ2n) is 6.04. The molecule has 0 saturated heterocycles. The Kier molecular flexibility index (Phi) is 6.29. The Hall–Kier alpha value is -3.04. The minimum absolute atomic E-state index is 0.440. The smallest absolute Gasteiger partial charge is 0.225 e.